The fourth-order valence-corrected chi connectivity index (χ4v) is 2.05. The third-order valence-electron chi connectivity index (χ3n) is 3.20. The number of hydrogen-bond acceptors (Lipinski definition) is 5. The largest absolute Gasteiger partial charge is 0.469 e. The highest BCUT2D eigenvalue weighted by Crippen LogP contribution is 2.32. The number of nitro groups is 1. The smallest absolute Gasteiger partial charge is 0.308 e. The van der Waals surface area contributed by atoms with Gasteiger partial charge in [0.1, 0.15) is 0 Å². The second-order valence-corrected chi connectivity index (χ2v) is 4.45. The van der Waals surface area contributed by atoms with Crippen LogP contribution in [0.5, 0.6) is 0 Å². The lowest BCUT2D eigenvalue weighted by atomic mass is 9.80. The molecule has 19 heavy (non-hydrogen) atoms. The molecule has 2 rings (SSSR count). The molecule has 0 bridgehead atoms. The predicted molar refractivity (Wildman–Crippen MR) is 65.2 cm³/mol. The van der Waals surface area contributed by atoms with E-state index >= 15 is 0 Å². The summed E-state index contributed by atoms with van der Waals surface area (Å²) < 4.78 is 18.2. The van der Waals surface area contributed by atoms with Gasteiger partial charge >= 0.3 is 5.97 Å². The summed E-state index contributed by atoms with van der Waals surface area (Å²) in [4.78, 5) is 21.0. The third-order valence-corrected chi connectivity index (χ3v) is 3.20. The molecule has 0 amide bonds. The van der Waals surface area contributed by atoms with E-state index in [9.17, 15) is 19.3 Å². The van der Waals surface area contributed by atoms with Crippen LogP contribution in [-0.2, 0) is 9.53 Å². The van der Waals surface area contributed by atoms with Crippen LogP contribution in [0.25, 0.3) is 0 Å². The average Bonchev–Trinajstić information content (AvgIpc) is 2.33. The van der Waals surface area contributed by atoms with Crippen LogP contribution in [-0.4, -0.2) is 24.0 Å². The van der Waals surface area contributed by atoms with Crippen molar-refractivity contribution >= 4 is 17.3 Å². The van der Waals surface area contributed by atoms with Crippen LogP contribution >= 0.6 is 0 Å². The molecule has 1 N–H and O–H groups in total. The summed E-state index contributed by atoms with van der Waals surface area (Å²) >= 11 is 0. The molecule has 1 aromatic carbocycles. The summed E-state index contributed by atoms with van der Waals surface area (Å²) in [5.74, 6) is -1.08. The first-order chi connectivity index (χ1) is 9.01. The predicted octanol–water partition coefficient (Wildman–Crippen LogP) is 2.10. The first-order valence-corrected chi connectivity index (χ1v) is 5.79. The zero-order valence-corrected chi connectivity index (χ0v) is 10.3. The van der Waals surface area contributed by atoms with Crippen molar-refractivity contribution in [3.05, 3.63) is 34.1 Å². The molecule has 1 aliphatic carbocycles. The Labute approximate surface area is 108 Å². The monoisotopic (exact) mass is 268 g/mol. The molecule has 1 saturated carbocycles. The number of halogens is 1. The Balaban J connectivity index is 1.95. The maximum absolute atomic E-state index is 13.6. The summed E-state index contributed by atoms with van der Waals surface area (Å²) in [5.41, 5.74) is -0.0805. The second-order valence-electron chi connectivity index (χ2n) is 4.45. The second kappa shape index (κ2) is 5.21. The van der Waals surface area contributed by atoms with Crippen molar-refractivity contribution in [2.45, 2.75) is 18.9 Å². The molecule has 1 aliphatic rings. The number of carbonyl (C=O) groups is 1. The van der Waals surface area contributed by atoms with E-state index in [0.29, 0.717) is 12.8 Å². The number of hydrogen-bond donors (Lipinski definition) is 1. The van der Waals surface area contributed by atoms with Gasteiger partial charge in [-0.3, -0.25) is 14.9 Å². The Hall–Kier alpha value is -2.18. The average molecular weight is 268 g/mol. The van der Waals surface area contributed by atoms with Crippen LogP contribution in [0.4, 0.5) is 15.8 Å². The molecule has 6 nitrogen and oxygen atoms in total. The molecule has 0 aromatic heterocycles. The molecule has 0 radical (unpaired) electrons. The van der Waals surface area contributed by atoms with Crippen molar-refractivity contribution in [2.24, 2.45) is 5.92 Å². The van der Waals surface area contributed by atoms with Gasteiger partial charge in [-0.1, -0.05) is 0 Å². The summed E-state index contributed by atoms with van der Waals surface area (Å²) in [6.45, 7) is 0. The van der Waals surface area contributed by atoms with Crippen molar-refractivity contribution in [1.29, 1.82) is 0 Å². The lowest BCUT2D eigenvalue weighted by Gasteiger charge is -2.34. The zero-order valence-electron chi connectivity index (χ0n) is 10.3. The number of benzene rings is 1. The number of ether oxygens (including phenoxy) is 1. The lowest BCUT2D eigenvalue weighted by molar-refractivity contribution is -0.385. The Morgan fingerprint density at radius 2 is 2.21 bits per heavy atom. The van der Waals surface area contributed by atoms with Gasteiger partial charge in [0, 0.05) is 12.1 Å². The maximum Gasteiger partial charge on any atom is 0.308 e. The minimum atomic E-state index is -0.671. The molecule has 0 unspecified atom stereocenters. The molecule has 0 spiro atoms. The Morgan fingerprint density at radius 3 is 2.74 bits per heavy atom. The number of nitro benzene ring substituents is 1. The summed E-state index contributed by atoms with van der Waals surface area (Å²) in [6.07, 6.45) is 1.15. The van der Waals surface area contributed by atoms with Crippen LogP contribution in [0.15, 0.2) is 18.2 Å². The van der Waals surface area contributed by atoms with Crippen LogP contribution < -0.4 is 5.32 Å². The van der Waals surface area contributed by atoms with E-state index in [1.807, 2.05) is 0 Å². The highest BCUT2D eigenvalue weighted by atomic mass is 19.1. The van der Waals surface area contributed by atoms with E-state index in [1.165, 1.54) is 19.2 Å². The van der Waals surface area contributed by atoms with E-state index in [2.05, 4.69) is 10.1 Å². The fraction of sp³-hybridized carbons (Fsp3) is 0.417. The summed E-state index contributed by atoms with van der Waals surface area (Å²) in [5, 5.41) is 13.4. The van der Waals surface area contributed by atoms with Crippen LogP contribution in [0, 0.1) is 21.8 Å². The molecule has 102 valence electrons. The zero-order chi connectivity index (χ0) is 14.0. The standard InChI is InChI=1S/C12H13FN2O4/c1-19-12(16)7-4-8(5-7)14-11-3-2-9(15(17)18)6-10(11)13/h2-3,6-8,14H,4-5H2,1H3. The quantitative estimate of drug-likeness (QED) is 0.513. The van der Waals surface area contributed by atoms with E-state index in [4.69, 9.17) is 0 Å². The molecular formula is C12H13FN2O4. The summed E-state index contributed by atoms with van der Waals surface area (Å²) in [6, 6.07) is 3.43. The number of methoxy groups -OCH3 is 1. The molecule has 1 fully saturated rings. The van der Waals surface area contributed by atoms with E-state index < -0.39 is 10.7 Å². The van der Waals surface area contributed by atoms with Gasteiger partial charge in [-0.05, 0) is 18.9 Å². The number of non-ortho nitro benzene ring substituents is 1. The Bertz CT molecular complexity index is 514. The van der Waals surface area contributed by atoms with Gasteiger partial charge in [0.2, 0.25) is 0 Å². The molecule has 0 heterocycles. The van der Waals surface area contributed by atoms with Crippen LogP contribution in [0.2, 0.25) is 0 Å². The first-order valence-electron chi connectivity index (χ1n) is 5.79. The minimum Gasteiger partial charge on any atom is -0.469 e. The fourth-order valence-electron chi connectivity index (χ4n) is 2.05. The Kier molecular flexibility index (Phi) is 3.64. The number of carbonyl (C=O) groups excluding carboxylic acids is 1. The van der Waals surface area contributed by atoms with Crippen molar-refractivity contribution < 1.29 is 18.8 Å². The van der Waals surface area contributed by atoms with Gasteiger partial charge in [0.15, 0.2) is 5.82 Å². The van der Waals surface area contributed by atoms with Crippen LogP contribution in [0.1, 0.15) is 12.8 Å². The molecule has 0 atom stereocenters. The number of nitrogens with zero attached hydrogens (tertiary/aromatic N) is 1. The van der Waals surface area contributed by atoms with Crippen LogP contribution in [0.3, 0.4) is 0 Å². The lowest BCUT2D eigenvalue weighted by Crippen LogP contribution is -2.40. The number of anilines is 1. The van der Waals surface area contributed by atoms with Crippen molar-refractivity contribution in [2.75, 3.05) is 12.4 Å². The number of esters is 1. The van der Waals surface area contributed by atoms with Crippen molar-refractivity contribution in [1.82, 2.24) is 0 Å². The molecular weight excluding hydrogens is 255 g/mol. The Morgan fingerprint density at radius 1 is 1.53 bits per heavy atom. The van der Waals surface area contributed by atoms with Gasteiger partial charge in [0.05, 0.1) is 29.7 Å². The normalized spacial score (nSPS) is 21.4. The van der Waals surface area contributed by atoms with Crippen molar-refractivity contribution in [3.8, 4) is 0 Å². The maximum atomic E-state index is 13.6. The minimum absolute atomic E-state index is 0.0138. The number of rotatable bonds is 4. The van der Waals surface area contributed by atoms with Gasteiger partial charge in [-0.2, -0.15) is 0 Å². The van der Waals surface area contributed by atoms with Gasteiger partial charge in [0.25, 0.3) is 5.69 Å². The van der Waals surface area contributed by atoms with Gasteiger partial charge < -0.3 is 10.1 Å². The van der Waals surface area contributed by atoms with Crippen molar-refractivity contribution in [3.63, 3.8) is 0 Å². The highest BCUT2D eigenvalue weighted by molar-refractivity contribution is 5.73. The molecule has 0 aliphatic heterocycles. The van der Waals surface area contributed by atoms with E-state index in [1.54, 1.807) is 0 Å². The number of nitrogens with one attached hydrogen (secondary N) is 1. The first kappa shape index (κ1) is 13.3. The highest BCUT2D eigenvalue weighted by Gasteiger charge is 2.35. The van der Waals surface area contributed by atoms with E-state index in [-0.39, 0.29) is 29.3 Å². The van der Waals surface area contributed by atoms with E-state index in [0.717, 1.165) is 6.07 Å². The van der Waals surface area contributed by atoms with Gasteiger partial charge in [-0.25, -0.2) is 4.39 Å². The third kappa shape index (κ3) is 2.81. The molecule has 7 heteroatoms. The van der Waals surface area contributed by atoms with Gasteiger partial charge in [-0.15, -0.1) is 0 Å². The topological polar surface area (TPSA) is 81.5 Å². The molecule has 1 aromatic rings. The SMILES string of the molecule is COC(=O)C1CC(Nc2ccc([N+](=O)[O-])cc2F)C1. The molecule has 0 saturated heterocycles. The summed E-state index contributed by atoms with van der Waals surface area (Å²) in [7, 11) is 1.33.